The molecule has 1 saturated heterocycles. The molecule has 1 fully saturated rings. The molecule has 0 unspecified atom stereocenters. The zero-order chi connectivity index (χ0) is 17.0. The lowest BCUT2D eigenvalue weighted by atomic mass is 9.98. The fraction of sp³-hybridized carbons (Fsp3) is 0.846. The van der Waals surface area contributed by atoms with Gasteiger partial charge in [0.15, 0.2) is 0 Å². The third-order valence-corrected chi connectivity index (χ3v) is 4.49. The summed E-state index contributed by atoms with van der Waals surface area (Å²) in [7, 11) is -3.96. The molecule has 0 atom stereocenters. The fourth-order valence-corrected chi connectivity index (χ4v) is 3.13. The summed E-state index contributed by atoms with van der Waals surface area (Å²) in [5.41, 5.74) is -0.781. The number of carbonyl (C=O) groups is 2. The molecule has 22 heavy (non-hydrogen) atoms. The highest BCUT2D eigenvalue weighted by Gasteiger charge is 2.33. The predicted octanol–water partition coefficient (Wildman–Crippen LogP) is 1.03. The Labute approximate surface area is 131 Å². The summed E-state index contributed by atoms with van der Waals surface area (Å²) < 4.78 is 37.0. The van der Waals surface area contributed by atoms with Crippen molar-refractivity contribution in [3.63, 3.8) is 0 Å². The second-order valence-electron chi connectivity index (χ2n) is 6.03. The van der Waals surface area contributed by atoms with E-state index in [-0.39, 0.29) is 25.0 Å². The van der Waals surface area contributed by atoms with E-state index in [9.17, 15) is 18.0 Å². The summed E-state index contributed by atoms with van der Waals surface area (Å²) in [6.45, 7) is 7.26. The Morgan fingerprint density at radius 1 is 1.23 bits per heavy atom. The summed E-state index contributed by atoms with van der Waals surface area (Å²) >= 11 is 0. The number of nitrogens with zero attached hydrogens (tertiary/aromatic N) is 1. The summed E-state index contributed by atoms with van der Waals surface area (Å²) in [5, 5.41) is 0. The molecule has 0 bridgehead atoms. The zero-order valence-electron chi connectivity index (χ0n) is 13.4. The number of carbonyl (C=O) groups excluding carboxylic acids is 2. The van der Waals surface area contributed by atoms with Crippen molar-refractivity contribution < 1.29 is 27.5 Å². The van der Waals surface area contributed by atoms with E-state index in [2.05, 4.69) is 0 Å². The van der Waals surface area contributed by atoms with Gasteiger partial charge in [-0.25, -0.2) is 9.52 Å². The topological polar surface area (TPSA) is 102 Å². The van der Waals surface area contributed by atoms with Gasteiger partial charge in [-0.05, 0) is 40.5 Å². The first-order valence-electron chi connectivity index (χ1n) is 7.22. The van der Waals surface area contributed by atoms with Gasteiger partial charge in [0.1, 0.15) is 5.60 Å². The van der Waals surface area contributed by atoms with E-state index in [0.29, 0.717) is 19.4 Å². The van der Waals surface area contributed by atoms with Crippen LogP contribution in [-0.4, -0.2) is 50.1 Å². The molecular formula is C13H24N2O6S. The molecule has 1 aliphatic heterocycles. The van der Waals surface area contributed by atoms with Crippen molar-refractivity contribution in [2.45, 2.75) is 46.1 Å². The van der Waals surface area contributed by atoms with Gasteiger partial charge in [0, 0.05) is 13.1 Å². The van der Waals surface area contributed by atoms with E-state index in [1.165, 1.54) is 0 Å². The monoisotopic (exact) mass is 336 g/mol. The van der Waals surface area contributed by atoms with E-state index < -0.39 is 21.9 Å². The lowest BCUT2D eigenvalue weighted by Gasteiger charge is -2.30. The van der Waals surface area contributed by atoms with Gasteiger partial charge in [-0.1, -0.05) is 0 Å². The molecule has 1 rings (SSSR count). The van der Waals surface area contributed by atoms with Gasteiger partial charge in [-0.15, -0.1) is 0 Å². The number of hydrogen-bond donors (Lipinski definition) is 1. The van der Waals surface area contributed by atoms with Crippen LogP contribution in [0.5, 0.6) is 0 Å². The molecule has 9 heteroatoms. The Bertz CT molecular complexity index is 503. The standard InChI is InChI=1S/C13H24N2O6S/c1-5-20-11(16)10-6-8-15(9-7-10)22(18,19)14-12(17)21-13(2,3)4/h10H,5-9H2,1-4H3,(H,14,17). The van der Waals surface area contributed by atoms with Crippen LogP contribution in [0.1, 0.15) is 40.5 Å². The molecule has 0 aromatic heterocycles. The highest BCUT2D eigenvalue weighted by atomic mass is 32.2. The van der Waals surface area contributed by atoms with Crippen LogP contribution in [0.25, 0.3) is 0 Å². The van der Waals surface area contributed by atoms with Crippen LogP contribution in [0.2, 0.25) is 0 Å². The van der Waals surface area contributed by atoms with Crippen LogP contribution in [0.3, 0.4) is 0 Å². The minimum Gasteiger partial charge on any atom is -0.466 e. The minimum absolute atomic E-state index is 0.154. The Morgan fingerprint density at radius 3 is 2.23 bits per heavy atom. The van der Waals surface area contributed by atoms with Gasteiger partial charge >= 0.3 is 22.3 Å². The van der Waals surface area contributed by atoms with Gasteiger partial charge in [-0.3, -0.25) is 4.79 Å². The maximum Gasteiger partial charge on any atom is 0.422 e. The number of rotatable bonds is 4. The second-order valence-corrected chi connectivity index (χ2v) is 7.71. The Kier molecular flexibility index (Phi) is 6.18. The van der Waals surface area contributed by atoms with E-state index in [4.69, 9.17) is 9.47 Å². The van der Waals surface area contributed by atoms with E-state index in [1.807, 2.05) is 4.72 Å². The first kappa shape index (κ1) is 18.7. The molecule has 0 saturated carbocycles. The summed E-state index contributed by atoms with van der Waals surface area (Å²) in [6.07, 6.45) is -0.276. The van der Waals surface area contributed by atoms with E-state index in [1.54, 1.807) is 27.7 Å². The predicted molar refractivity (Wildman–Crippen MR) is 79.2 cm³/mol. The minimum atomic E-state index is -3.96. The maximum absolute atomic E-state index is 12.1. The van der Waals surface area contributed by atoms with Crippen LogP contribution in [0.15, 0.2) is 0 Å². The van der Waals surface area contributed by atoms with Crippen molar-refractivity contribution in [3.05, 3.63) is 0 Å². The fourth-order valence-electron chi connectivity index (χ4n) is 2.06. The van der Waals surface area contributed by atoms with Crippen LogP contribution < -0.4 is 4.72 Å². The molecule has 0 aromatic carbocycles. The quantitative estimate of drug-likeness (QED) is 0.769. The molecular weight excluding hydrogens is 312 g/mol. The third kappa shape index (κ3) is 5.80. The third-order valence-electron chi connectivity index (χ3n) is 3.02. The molecule has 8 nitrogen and oxygen atoms in total. The Morgan fingerprint density at radius 2 is 1.77 bits per heavy atom. The zero-order valence-corrected chi connectivity index (χ0v) is 14.2. The number of nitrogens with one attached hydrogen (secondary N) is 1. The smallest absolute Gasteiger partial charge is 0.422 e. The first-order valence-corrected chi connectivity index (χ1v) is 8.66. The molecule has 0 aromatic rings. The van der Waals surface area contributed by atoms with Crippen LogP contribution >= 0.6 is 0 Å². The number of esters is 1. The van der Waals surface area contributed by atoms with Gasteiger partial charge in [-0.2, -0.15) is 12.7 Å². The number of ether oxygens (including phenoxy) is 2. The van der Waals surface area contributed by atoms with E-state index >= 15 is 0 Å². The molecule has 1 heterocycles. The van der Waals surface area contributed by atoms with Crippen molar-refractivity contribution in [3.8, 4) is 0 Å². The lowest BCUT2D eigenvalue weighted by Crippen LogP contribution is -2.48. The SMILES string of the molecule is CCOC(=O)C1CCN(S(=O)(=O)NC(=O)OC(C)(C)C)CC1. The van der Waals surface area contributed by atoms with Gasteiger partial charge < -0.3 is 9.47 Å². The number of hydrogen-bond acceptors (Lipinski definition) is 6. The summed E-state index contributed by atoms with van der Waals surface area (Å²) in [5.74, 6) is -0.604. The van der Waals surface area contributed by atoms with Crippen LogP contribution in [0.4, 0.5) is 4.79 Å². The second kappa shape index (κ2) is 7.28. The lowest BCUT2D eigenvalue weighted by molar-refractivity contribution is -0.149. The highest BCUT2D eigenvalue weighted by Crippen LogP contribution is 2.20. The van der Waals surface area contributed by atoms with Crippen LogP contribution in [0, 0.1) is 5.92 Å². The largest absolute Gasteiger partial charge is 0.466 e. The summed E-state index contributed by atoms with van der Waals surface area (Å²) in [4.78, 5) is 23.2. The van der Waals surface area contributed by atoms with Crippen LogP contribution in [-0.2, 0) is 24.5 Å². The highest BCUT2D eigenvalue weighted by molar-refractivity contribution is 7.87. The molecule has 1 aliphatic rings. The average molecular weight is 336 g/mol. The molecule has 0 spiro atoms. The average Bonchev–Trinajstić information content (AvgIpc) is 2.36. The van der Waals surface area contributed by atoms with Gasteiger partial charge in [0.25, 0.3) is 0 Å². The number of amides is 1. The molecule has 0 radical (unpaired) electrons. The molecule has 1 amide bonds. The first-order chi connectivity index (χ1) is 10.0. The van der Waals surface area contributed by atoms with Crippen molar-refractivity contribution >= 4 is 22.3 Å². The Balaban J connectivity index is 2.55. The number of piperidine rings is 1. The summed E-state index contributed by atoms with van der Waals surface area (Å²) in [6, 6.07) is 0. The van der Waals surface area contributed by atoms with Crippen molar-refractivity contribution in [1.82, 2.24) is 9.03 Å². The molecule has 128 valence electrons. The van der Waals surface area contributed by atoms with Crippen molar-refractivity contribution in [1.29, 1.82) is 0 Å². The van der Waals surface area contributed by atoms with Gasteiger partial charge in [0.2, 0.25) is 0 Å². The normalized spacial score (nSPS) is 17.8. The van der Waals surface area contributed by atoms with Crippen molar-refractivity contribution in [2.24, 2.45) is 5.92 Å². The Hall–Kier alpha value is -1.35. The maximum atomic E-state index is 12.1. The van der Waals surface area contributed by atoms with Crippen molar-refractivity contribution in [2.75, 3.05) is 19.7 Å². The van der Waals surface area contributed by atoms with Gasteiger partial charge in [0.05, 0.1) is 12.5 Å². The van der Waals surface area contributed by atoms with E-state index in [0.717, 1.165) is 4.31 Å². The molecule has 0 aliphatic carbocycles. The molecule has 1 N–H and O–H groups in total.